The predicted octanol–water partition coefficient (Wildman–Crippen LogP) is 3.41. The lowest BCUT2D eigenvalue weighted by molar-refractivity contribution is -0.132. The summed E-state index contributed by atoms with van der Waals surface area (Å²) in [6.07, 6.45) is 2.89. The molecular formula is C18H23ClN2O2S. The number of carbonyl (C=O) groups is 2. The normalized spacial score (nSPS) is 20.0. The Kier molecular flexibility index (Phi) is 5.40. The lowest BCUT2D eigenvalue weighted by Crippen LogP contribution is -2.53. The van der Waals surface area contributed by atoms with E-state index in [0.717, 1.165) is 24.9 Å². The van der Waals surface area contributed by atoms with E-state index >= 15 is 0 Å². The van der Waals surface area contributed by atoms with Gasteiger partial charge in [-0.25, -0.2) is 0 Å². The molecular weight excluding hydrogens is 344 g/mol. The molecule has 3 rings (SSSR count). The van der Waals surface area contributed by atoms with Gasteiger partial charge in [-0.05, 0) is 38.3 Å². The summed E-state index contributed by atoms with van der Waals surface area (Å²) in [6.45, 7) is 3.47. The van der Waals surface area contributed by atoms with Gasteiger partial charge in [0.05, 0.1) is 10.6 Å². The largest absolute Gasteiger partial charge is 0.342 e. The van der Waals surface area contributed by atoms with E-state index in [1.165, 1.54) is 5.56 Å². The second-order valence-electron chi connectivity index (χ2n) is 6.47. The fraction of sp³-hybridized carbons (Fsp3) is 0.556. The lowest BCUT2D eigenvalue weighted by atomic mass is 10.0. The minimum absolute atomic E-state index is 0.172. The number of hydrogen-bond acceptors (Lipinski definition) is 3. The van der Waals surface area contributed by atoms with Gasteiger partial charge < -0.3 is 4.90 Å². The number of thioether (sulfide) groups is 1. The lowest BCUT2D eigenvalue weighted by Gasteiger charge is -2.44. The van der Waals surface area contributed by atoms with Gasteiger partial charge in [0.15, 0.2) is 0 Å². The van der Waals surface area contributed by atoms with E-state index in [2.05, 4.69) is 0 Å². The van der Waals surface area contributed by atoms with Crippen molar-refractivity contribution in [1.82, 2.24) is 4.90 Å². The molecule has 1 spiro atoms. The molecule has 24 heavy (non-hydrogen) atoms. The van der Waals surface area contributed by atoms with Crippen LogP contribution in [0.25, 0.3) is 0 Å². The Hall–Kier alpha value is -1.20. The van der Waals surface area contributed by atoms with Crippen molar-refractivity contribution in [3.63, 3.8) is 0 Å². The van der Waals surface area contributed by atoms with Crippen LogP contribution in [0.2, 0.25) is 0 Å². The van der Waals surface area contributed by atoms with Crippen molar-refractivity contribution >= 4 is 40.9 Å². The van der Waals surface area contributed by atoms with Crippen molar-refractivity contribution in [3.8, 4) is 0 Å². The summed E-state index contributed by atoms with van der Waals surface area (Å²) in [5, 5.41) is 0. The van der Waals surface area contributed by atoms with Crippen LogP contribution in [0.15, 0.2) is 24.3 Å². The number of carbonyl (C=O) groups excluding carboxylic acids is 2. The number of rotatable bonds is 4. The van der Waals surface area contributed by atoms with Crippen LogP contribution in [-0.2, 0) is 9.59 Å². The molecule has 2 heterocycles. The van der Waals surface area contributed by atoms with E-state index in [-0.39, 0.29) is 16.7 Å². The molecule has 0 bridgehead atoms. The molecule has 0 radical (unpaired) electrons. The van der Waals surface area contributed by atoms with Crippen molar-refractivity contribution in [2.45, 2.75) is 37.5 Å². The molecule has 0 aliphatic carbocycles. The molecule has 2 amide bonds. The summed E-state index contributed by atoms with van der Waals surface area (Å²) in [4.78, 5) is 28.4. The van der Waals surface area contributed by atoms with Crippen LogP contribution in [0.4, 0.5) is 5.69 Å². The topological polar surface area (TPSA) is 40.6 Å². The maximum absolute atomic E-state index is 12.5. The van der Waals surface area contributed by atoms with Gasteiger partial charge in [0.25, 0.3) is 0 Å². The van der Waals surface area contributed by atoms with Crippen LogP contribution < -0.4 is 4.90 Å². The van der Waals surface area contributed by atoms with Gasteiger partial charge in [-0.15, -0.1) is 23.4 Å². The second-order valence-corrected chi connectivity index (χ2v) is 8.19. The number of anilines is 1. The van der Waals surface area contributed by atoms with Crippen LogP contribution in [-0.4, -0.2) is 46.3 Å². The third kappa shape index (κ3) is 3.42. The maximum atomic E-state index is 12.5. The highest BCUT2D eigenvalue weighted by Crippen LogP contribution is 2.46. The average molecular weight is 367 g/mol. The van der Waals surface area contributed by atoms with Gasteiger partial charge in [-0.2, -0.15) is 0 Å². The zero-order valence-electron chi connectivity index (χ0n) is 14.0. The number of amides is 2. The summed E-state index contributed by atoms with van der Waals surface area (Å²) < 4.78 is 0. The van der Waals surface area contributed by atoms with Crippen molar-refractivity contribution in [1.29, 1.82) is 0 Å². The standard InChI is InChI=1S/C18H23ClN2O2S/c1-14-4-6-15(7-5-14)21-17(23)13-24-18(21)8-11-20(12-9-18)16(22)3-2-10-19/h4-7H,2-3,8-13H2,1H3. The molecule has 0 atom stereocenters. The molecule has 4 nitrogen and oxygen atoms in total. The van der Waals surface area contributed by atoms with E-state index in [0.29, 0.717) is 31.1 Å². The Labute approximate surface area is 152 Å². The predicted molar refractivity (Wildman–Crippen MR) is 99.6 cm³/mol. The number of nitrogens with zero attached hydrogens (tertiary/aromatic N) is 2. The molecule has 0 saturated carbocycles. The molecule has 0 aromatic heterocycles. The van der Waals surface area contributed by atoms with E-state index in [1.54, 1.807) is 11.8 Å². The minimum atomic E-state index is -0.199. The first-order valence-electron chi connectivity index (χ1n) is 8.43. The van der Waals surface area contributed by atoms with Gasteiger partial charge in [-0.1, -0.05) is 17.7 Å². The highest BCUT2D eigenvalue weighted by atomic mass is 35.5. The Bertz CT molecular complexity index is 612. The molecule has 2 fully saturated rings. The van der Waals surface area contributed by atoms with Crippen molar-refractivity contribution in [2.75, 3.05) is 29.6 Å². The fourth-order valence-electron chi connectivity index (χ4n) is 3.48. The Morgan fingerprint density at radius 1 is 1.25 bits per heavy atom. The zero-order chi connectivity index (χ0) is 17.2. The third-order valence-corrected chi connectivity index (χ3v) is 6.62. The Balaban J connectivity index is 1.72. The van der Waals surface area contributed by atoms with Crippen molar-refractivity contribution in [3.05, 3.63) is 29.8 Å². The Morgan fingerprint density at radius 2 is 1.92 bits per heavy atom. The monoisotopic (exact) mass is 366 g/mol. The average Bonchev–Trinajstić information content (AvgIpc) is 2.90. The molecule has 0 N–H and O–H groups in total. The zero-order valence-corrected chi connectivity index (χ0v) is 15.5. The van der Waals surface area contributed by atoms with Gasteiger partial charge in [0.2, 0.25) is 11.8 Å². The highest BCUT2D eigenvalue weighted by Gasteiger charge is 2.48. The first-order valence-corrected chi connectivity index (χ1v) is 9.95. The van der Waals surface area contributed by atoms with E-state index in [1.807, 2.05) is 41.0 Å². The number of alkyl halides is 1. The van der Waals surface area contributed by atoms with Crippen LogP contribution in [0, 0.1) is 6.92 Å². The number of aryl methyl sites for hydroxylation is 1. The number of likely N-dealkylation sites (tertiary alicyclic amines) is 1. The number of hydrogen-bond donors (Lipinski definition) is 0. The molecule has 130 valence electrons. The fourth-order valence-corrected chi connectivity index (χ4v) is 4.94. The first-order chi connectivity index (χ1) is 11.6. The molecule has 2 aliphatic rings. The molecule has 2 saturated heterocycles. The number of halogens is 1. The van der Waals surface area contributed by atoms with E-state index in [9.17, 15) is 9.59 Å². The maximum Gasteiger partial charge on any atom is 0.238 e. The summed E-state index contributed by atoms with van der Waals surface area (Å²) in [5.74, 6) is 1.40. The number of piperidine rings is 1. The van der Waals surface area contributed by atoms with Crippen molar-refractivity contribution in [2.24, 2.45) is 0 Å². The van der Waals surface area contributed by atoms with Crippen LogP contribution >= 0.6 is 23.4 Å². The molecule has 6 heteroatoms. The van der Waals surface area contributed by atoms with Crippen molar-refractivity contribution < 1.29 is 9.59 Å². The van der Waals surface area contributed by atoms with E-state index < -0.39 is 0 Å². The highest BCUT2D eigenvalue weighted by molar-refractivity contribution is 8.02. The number of benzene rings is 1. The summed E-state index contributed by atoms with van der Waals surface area (Å²) in [5.41, 5.74) is 2.16. The minimum Gasteiger partial charge on any atom is -0.342 e. The third-order valence-electron chi connectivity index (χ3n) is 4.84. The molecule has 1 aromatic rings. The quantitative estimate of drug-likeness (QED) is 0.767. The van der Waals surface area contributed by atoms with Gasteiger partial charge >= 0.3 is 0 Å². The smallest absolute Gasteiger partial charge is 0.238 e. The molecule has 0 unspecified atom stereocenters. The van der Waals surface area contributed by atoms with Gasteiger partial charge in [0, 0.05) is 31.1 Å². The SMILES string of the molecule is Cc1ccc(N2C(=O)CSC23CCN(C(=O)CCCCl)CC3)cc1. The van der Waals surface area contributed by atoms with Gasteiger partial charge in [0.1, 0.15) is 0 Å². The van der Waals surface area contributed by atoms with Crippen LogP contribution in [0.1, 0.15) is 31.2 Å². The van der Waals surface area contributed by atoms with Crippen LogP contribution in [0.3, 0.4) is 0 Å². The summed E-state index contributed by atoms with van der Waals surface area (Å²) >= 11 is 7.41. The second kappa shape index (κ2) is 7.36. The summed E-state index contributed by atoms with van der Waals surface area (Å²) in [6, 6.07) is 8.14. The Morgan fingerprint density at radius 3 is 2.54 bits per heavy atom. The molecule has 1 aromatic carbocycles. The van der Waals surface area contributed by atoms with Gasteiger partial charge in [-0.3, -0.25) is 14.5 Å². The first kappa shape index (κ1) is 17.6. The molecule has 2 aliphatic heterocycles. The summed E-state index contributed by atoms with van der Waals surface area (Å²) in [7, 11) is 0. The van der Waals surface area contributed by atoms with Crippen LogP contribution in [0.5, 0.6) is 0 Å². The van der Waals surface area contributed by atoms with E-state index in [4.69, 9.17) is 11.6 Å².